The first-order valence-electron chi connectivity index (χ1n) is 23.7. The Morgan fingerprint density at radius 2 is 0.473 bits per heavy atom. The van der Waals surface area contributed by atoms with Gasteiger partial charge in [0.1, 0.15) is 11.5 Å². The molecule has 0 spiro atoms. The highest BCUT2D eigenvalue weighted by atomic mass is 19.2. The van der Waals surface area contributed by atoms with Crippen molar-refractivity contribution in [3.05, 3.63) is 334 Å². The topological polar surface area (TPSA) is 52.6 Å². The predicted molar refractivity (Wildman–Crippen MR) is 291 cm³/mol. The van der Waals surface area contributed by atoms with Gasteiger partial charge in [-0.2, -0.15) is 0 Å². The lowest BCUT2D eigenvalue weighted by Crippen LogP contribution is -2.09. The van der Waals surface area contributed by atoms with Crippen molar-refractivity contribution in [2.75, 3.05) is 0 Å². The summed E-state index contributed by atoms with van der Waals surface area (Å²) in [6.45, 7) is 0. The Bertz CT molecular complexity index is 3160. The van der Waals surface area contributed by atoms with E-state index >= 15 is 0 Å². The van der Waals surface area contributed by atoms with Crippen LogP contribution < -0.4 is 0 Å². The van der Waals surface area contributed by atoms with E-state index in [4.69, 9.17) is 9.31 Å². The van der Waals surface area contributed by atoms with E-state index in [1.807, 2.05) is 182 Å². The number of rotatable bonds is 18. The van der Waals surface area contributed by atoms with E-state index in [1.54, 1.807) is 48.5 Å². The maximum Gasteiger partial charge on any atom is 0.796 e. The van der Waals surface area contributed by atoms with Crippen molar-refractivity contribution in [2.24, 2.45) is 0 Å². The van der Waals surface area contributed by atoms with Crippen LogP contribution in [0.4, 0.5) is 17.3 Å². The van der Waals surface area contributed by atoms with Gasteiger partial charge in [-0.25, -0.2) is 17.3 Å². The van der Waals surface area contributed by atoms with Crippen molar-refractivity contribution in [1.29, 1.82) is 0 Å². The molecule has 9 aromatic rings. The van der Waals surface area contributed by atoms with Gasteiger partial charge in [-0.1, -0.05) is 249 Å². The first kappa shape index (κ1) is 49.7. The molecule has 358 valence electrons. The van der Waals surface area contributed by atoms with Gasteiger partial charge in [0.2, 0.25) is 0 Å². The number of ketones is 2. The van der Waals surface area contributed by atoms with E-state index in [0.717, 1.165) is 79.0 Å². The molecule has 0 heterocycles. The molecule has 0 aromatic heterocycles. The molecular formula is C64H44B2F4O4. The number of hydrogen-bond donors (Lipinski definition) is 0. The maximum absolute atomic E-state index is 14.1. The minimum atomic E-state index is -3.35. The van der Waals surface area contributed by atoms with Gasteiger partial charge in [0.25, 0.3) is 0 Å². The molecule has 0 radical (unpaired) electrons. The molecule has 0 unspecified atom stereocenters. The van der Waals surface area contributed by atoms with Crippen LogP contribution in [-0.4, -0.2) is 26.5 Å². The number of allylic oxidation sites excluding steroid dienone is 2. The third-order valence-corrected chi connectivity index (χ3v) is 12.2. The molecule has 0 bridgehead atoms. The van der Waals surface area contributed by atoms with Gasteiger partial charge in [0.05, 0.1) is 0 Å². The third-order valence-electron chi connectivity index (χ3n) is 12.2. The number of carbonyl (C=O) groups excluding carboxylic acids is 2. The minimum absolute atomic E-state index is 0.0501. The molecule has 0 aliphatic heterocycles. The van der Waals surface area contributed by atoms with Crippen molar-refractivity contribution >= 4 is 60.3 Å². The Kier molecular flexibility index (Phi) is 16.0. The van der Waals surface area contributed by atoms with Crippen LogP contribution in [0.5, 0.6) is 0 Å². The molecule has 0 amide bonds. The molecule has 0 saturated heterocycles. The van der Waals surface area contributed by atoms with Crippen LogP contribution in [0.1, 0.15) is 76.4 Å². The van der Waals surface area contributed by atoms with Gasteiger partial charge in [-0.3, -0.25) is 9.59 Å². The van der Waals surface area contributed by atoms with Gasteiger partial charge >= 0.3 is 14.9 Å². The molecule has 9 aromatic carbocycles. The molecular weight excluding hydrogens is 930 g/mol. The second kappa shape index (κ2) is 23.8. The van der Waals surface area contributed by atoms with Gasteiger partial charge in [0.15, 0.2) is 11.6 Å². The second-order valence-corrected chi connectivity index (χ2v) is 16.9. The van der Waals surface area contributed by atoms with E-state index in [-0.39, 0.29) is 22.3 Å². The fraction of sp³-hybridized carbons (Fsp3) is 0. The molecule has 0 fully saturated rings. The lowest BCUT2D eigenvalue weighted by molar-refractivity contribution is 0.103. The SMILES string of the molecule is O=C(/C=C(\OB(F)F)c1cccc(/C(=C/C(=O)c2ccc(C(=C(c3ccccc3)c3ccccc3)c3ccccc3)cc2)OB(F)F)c1)c1ccc(C(=C(c2ccccc2)c2ccccc2)c2ccccc2)cc1. The van der Waals surface area contributed by atoms with E-state index < -0.39 is 38.0 Å². The van der Waals surface area contributed by atoms with Crippen molar-refractivity contribution in [3.8, 4) is 0 Å². The highest BCUT2D eigenvalue weighted by Gasteiger charge is 2.25. The quantitative estimate of drug-likeness (QED) is 0.0215. The Morgan fingerprint density at radius 3 is 0.703 bits per heavy atom. The normalized spacial score (nSPS) is 11.2. The number of halogens is 4. The summed E-state index contributed by atoms with van der Waals surface area (Å²) in [5.41, 5.74) is 11.4. The first-order chi connectivity index (χ1) is 36.2. The zero-order chi connectivity index (χ0) is 51.2. The fourth-order valence-electron chi connectivity index (χ4n) is 8.85. The maximum atomic E-state index is 14.1. The van der Waals surface area contributed by atoms with Crippen molar-refractivity contribution in [2.45, 2.75) is 0 Å². The molecule has 0 saturated carbocycles. The monoisotopic (exact) mass is 974 g/mol. The summed E-state index contributed by atoms with van der Waals surface area (Å²) in [4.78, 5) is 27.9. The standard InChI is InChI=1S/C64H44B2F4O4/c67-65(68)73-59(43-57(71)45-34-38-53(39-35-45)63(51-28-15-5-16-29-51)61(47-20-7-1-8-21-47)48-22-9-2-10-23-48)55-32-19-33-56(42-55)60(74-66(69)70)44-58(72)46-36-40-54(41-37-46)64(52-30-17-6-18-31-52)62(49-24-11-3-12-25-49)50-26-13-4-14-27-50/h1-44H/b59-43-,60-44-. The summed E-state index contributed by atoms with van der Waals surface area (Å²) in [7, 11) is -6.70. The van der Waals surface area contributed by atoms with Crippen LogP contribution in [0.3, 0.4) is 0 Å². The van der Waals surface area contributed by atoms with Crippen LogP contribution in [0.15, 0.2) is 267 Å². The van der Waals surface area contributed by atoms with Crippen LogP contribution in [-0.2, 0) is 9.31 Å². The zero-order valence-corrected chi connectivity index (χ0v) is 39.7. The Balaban J connectivity index is 1.04. The molecule has 10 heteroatoms. The lowest BCUT2D eigenvalue weighted by atomic mass is 9.85. The molecule has 0 aliphatic rings. The summed E-state index contributed by atoms with van der Waals surface area (Å²) >= 11 is 0. The minimum Gasteiger partial charge on any atom is -0.505 e. The highest BCUT2D eigenvalue weighted by molar-refractivity contribution is 6.36. The molecule has 0 aliphatic carbocycles. The molecule has 74 heavy (non-hydrogen) atoms. The fourth-order valence-corrected chi connectivity index (χ4v) is 8.85. The van der Waals surface area contributed by atoms with Gasteiger partial charge < -0.3 is 9.31 Å². The third kappa shape index (κ3) is 12.1. The van der Waals surface area contributed by atoms with Crippen LogP contribution in [0, 0.1) is 0 Å². The smallest absolute Gasteiger partial charge is 0.505 e. The molecule has 0 N–H and O–H groups in total. The van der Waals surface area contributed by atoms with E-state index in [9.17, 15) is 26.9 Å². The molecule has 4 nitrogen and oxygen atoms in total. The van der Waals surface area contributed by atoms with Crippen LogP contribution in [0.25, 0.3) is 33.8 Å². The van der Waals surface area contributed by atoms with Gasteiger partial charge in [0, 0.05) is 34.4 Å². The van der Waals surface area contributed by atoms with E-state index in [2.05, 4.69) is 0 Å². The Hall–Kier alpha value is -9.27. The van der Waals surface area contributed by atoms with E-state index in [1.165, 1.54) is 24.3 Å². The molecule has 9 rings (SSSR count). The Labute approximate surface area is 428 Å². The summed E-state index contributed by atoms with van der Waals surface area (Å²) in [5, 5.41) is 0. The highest BCUT2D eigenvalue weighted by Crippen LogP contribution is 2.39. The average molecular weight is 975 g/mol. The largest absolute Gasteiger partial charge is 0.796 e. The second-order valence-electron chi connectivity index (χ2n) is 16.9. The molecule has 0 atom stereocenters. The van der Waals surface area contributed by atoms with Gasteiger partial charge in [-0.15, -0.1) is 0 Å². The average Bonchev–Trinajstić information content (AvgIpc) is 3.44. The van der Waals surface area contributed by atoms with Gasteiger partial charge in [-0.05, 0) is 72.9 Å². The summed E-state index contributed by atoms with van der Waals surface area (Å²) in [6, 6.07) is 78.7. The predicted octanol–water partition coefficient (Wildman–Crippen LogP) is 16.0. The first-order valence-corrected chi connectivity index (χ1v) is 23.7. The summed E-state index contributed by atoms with van der Waals surface area (Å²) in [6.07, 6.45) is 1.85. The van der Waals surface area contributed by atoms with Crippen LogP contribution in [0.2, 0.25) is 0 Å². The lowest BCUT2D eigenvalue weighted by Gasteiger charge is -2.18. The van der Waals surface area contributed by atoms with Crippen LogP contribution >= 0.6 is 0 Å². The Morgan fingerprint density at radius 1 is 0.270 bits per heavy atom. The van der Waals surface area contributed by atoms with Crippen molar-refractivity contribution in [3.63, 3.8) is 0 Å². The van der Waals surface area contributed by atoms with E-state index in [0.29, 0.717) is 0 Å². The number of benzene rings is 9. The zero-order valence-electron chi connectivity index (χ0n) is 39.7. The van der Waals surface area contributed by atoms with Crippen molar-refractivity contribution in [1.82, 2.24) is 0 Å². The number of carbonyl (C=O) groups is 2. The summed E-state index contributed by atoms with van der Waals surface area (Å²) in [5.74, 6) is -2.36. The summed E-state index contributed by atoms with van der Waals surface area (Å²) < 4.78 is 66.2. The number of hydrogen-bond acceptors (Lipinski definition) is 4. The van der Waals surface area contributed by atoms with Crippen molar-refractivity contribution < 1.29 is 36.2 Å².